The Hall–Kier alpha value is -2.43. The van der Waals surface area contributed by atoms with Crippen LogP contribution in [0.3, 0.4) is 0 Å². The first-order chi connectivity index (χ1) is 19.8. The standard InChI is InChI=1S/C29H42O13/c1-13(2)5-7-15-9-17(27(38)42-29-25(37)23(35)21(33)19(12-31)40-29)10-16(8-6-14(3)4)26(15)41-28-24(36)22(34)20(32)18(11-30)39-28/h5-6,9-10,18-25,28-37H,7-8,11-12H2,1-4H3. The minimum Gasteiger partial charge on any atom is -0.461 e. The monoisotopic (exact) mass is 598 g/mol. The summed E-state index contributed by atoms with van der Waals surface area (Å²) in [6, 6.07) is 2.94. The van der Waals surface area contributed by atoms with Gasteiger partial charge >= 0.3 is 5.97 Å². The van der Waals surface area contributed by atoms with Crippen LogP contribution in [0.1, 0.15) is 49.2 Å². The molecule has 0 aliphatic carbocycles. The first kappa shape index (κ1) is 34.1. The van der Waals surface area contributed by atoms with E-state index in [1.165, 1.54) is 12.1 Å². The molecule has 0 aromatic heterocycles. The van der Waals surface area contributed by atoms with E-state index in [1.807, 2.05) is 39.8 Å². The zero-order chi connectivity index (χ0) is 31.3. The van der Waals surface area contributed by atoms with Crippen molar-refractivity contribution in [1.82, 2.24) is 0 Å². The second-order valence-electron chi connectivity index (χ2n) is 11.0. The molecule has 8 N–H and O–H groups in total. The summed E-state index contributed by atoms with van der Waals surface area (Å²) < 4.78 is 22.3. The lowest BCUT2D eigenvalue weighted by Crippen LogP contribution is -2.60. The van der Waals surface area contributed by atoms with Crippen molar-refractivity contribution < 1.29 is 64.6 Å². The maximum absolute atomic E-state index is 13.3. The van der Waals surface area contributed by atoms with Crippen molar-refractivity contribution in [3.8, 4) is 5.75 Å². The van der Waals surface area contributed by atoms with Crippen LogP contribution in [0.2, 0.25) is 0 Å². The summed E-state index contributed by atoms with van der Waals surface area (Å²) >= 11 is 0. The van der Waals surface area contributed by atoms with Crippen LogP contribution in [0.25, 0.3) is 0 Å². The molecule has 0 bridgehead atoms. The minimum absolute atomic E-state index is 0.0300. The number of aliphatic hydroxyl groups excluding tert-OH is 8. The molecule has 1 aromatic rings. The molecule has 13 nitrogen and oxygen atoms in total. The van der Waals surface area contributed by atoms with E-state index in [0.717, 1.165) is 11.1 Å². The van der Waals surface area contributed by atoms with E-state index >= 15 is 0 Å². The number of aliphatic hydroxyl groups is 8. The molecule has 3 rings (SSSR count). The predicted octanol–water partition coefficient (Wildman–Crippen LogP) is -1.16. The van der Waals surface area contributed by atoms with Crippen molar-refractivity contribution in [1.29, 1.82) is 0 Å². The van der Waals surface area contributed by atoms with Gasteiger partial charge in [-0.3, -0.25) is 0 Å². The zero-order valence-corrected chi connectivity index (χ0v) is 24.0. The van der Waals surface area contributed by atoms with Gasteiger partial charge in [-0.1, -0.05) is 23.3 Å². The maximum atomic E-state index is 13.3. The molecule has 0 saturated carbocycles. The number of rotatable bonds is 10. The fourth-order valence-electron chi connectivity index (χ4n) is 4.57. The molecule has 2 aliphatic heterocycles. The van der Waals surface area contributed by atoms with Gasteiger partial charge in [0.15, 0.2) is 0 Å². The van der Waals surface area contributed by atoms with Crippen LogP contribution in [0, 0.1) is 0 Å². The molecule has 236 valence electrons. The van der Waals surface area contributed by atoms with E-state index in [2.05, 4.69) is 0 Å². The summed E-state index contributed by atoms with van der Waals surface area (Å²) in [5.41, 5.74) is 2.87. The summed E-state index contributed by atoms with van der Waals surface area (Å²) in [4.78, 5) is 13.3. The Morgan fingerprint density at radius 2 is 1.14 bits per heavy atom. The topological polar surface area (TPSA) is 216 Å². The van der Waals surface area contributed by atoms with E-state index in [9.17, 15) is 45.6 Å². The molecule has 2 aliphatic rings. The third kappa shape index (κ3) is 7.94. The van der Waals surface area contributed by atoms with E-state index in [1.54, 1.807) is 0 Å². The molecule has 2 fully saturated rings. The normalized spacial score (nSPS) is 33.0. The Labute approximate surface area is 243 Å². The van der Waals surface area contributed by atoms with Gasteiger partial charge in [0.05, 0.1) is 18.8 Å². The van der Waals surface area contributed by atoms with Gasteiger partial charge in [-0.25, -0.2) is 4.79 Å². The summed E-state index contributed by atoms with van der Waals surface area (Å²) in [6.07, 6.45) is -11.4. The second kappa shape index (κ2) is 14.8. The average Bonchev–Trinajstić information content (AvgIpc) is 2.95. The Kier molecular flexibility index (Phi) is 12.0. The Bertz CT molecular complexity index is 1080. The maximum Gasteiger partial charge on any atom is 0.340 e. The SMILES string of the molecule is CC(C)=CCc1cc(C(=O)OC2OC(CO)C(O)C(O)C2O)cc(CC=C(C)C)c1OC1OC(CO)C(O)C(O)C1O. The van der Waals surface area contributed by atoms with Gasteiger partial charge in [-0.05, 0) is 63.8 Å². The lowest BCUT2D eigenvalue weighted by Gasteiger charge is -2.40. The fourth-order valence-corrected chi connectivity index (χ4v) is 4.57. The quantitative estimate of drug-likeness (QED) is 0.118. The number of hydrogen-bond donors (Lipinski definition) is 8. The molecule has 0 spiro atoms. The van der Waals surface area contributed by atoms with Crippen molar-refractivity contribution >= 4 is 5.97 Å². The van der Waals surface area contributed by atoms with Crippen LogP contribution in [-0.2, 0) is 27.1 Å². The number of carbonyl (C=O) groups is 1. The van der Waals surface area contributed by atoms with Crippen molar-refractivity contribution in [3.05, 3.63) is 52.1 Å². The number of ether oxygens (including phenoxy) is 4. The van der Waals surface area contributed by atoms with Gasteiger partial charge in [0, 0.05) is 0 Å². The first-order valence-electron chi connectivity index (χ1n) is 13.7. The Morgan fingerprint density at radius 3 is 1.57 bits per heavy atom. The number of carbonyl (C=O) groups excluding carboxylic acids is 1. The molecular formula is C29H42O13. The third-order valence-corrected chi connectivity index (χ3v) is 7.09. The summed E-state index contributed by atoms with van der Waals surface area (Å²) in [7, 11) is 0. The van der Waals surface area contributed by atoms with Gasteiger partial charge in [-0.2, -0.15) is 0 Å². The van der Waals surface area contributed by atoms with Crippen molar-refractivity contribution in [3.63, 3.8) is 0 Å². The van der Waals surface area contributed by atoms with Crippen LogP contribution in [-0.4, -0.2) is 121 Å². The van der Waals surface area contributed by atoms with Crippen LogP contribution in [0.15, 0.2) is 35.4 Å². The number of esters is 1. The molecule has 10 unspecified atom stereocenters. The molecule has 0 amide bonds. The molecule has 10 atom stereocenters. The number of hydrogen-bond acceptors (Lipinski definition) is 13. The third-order valence-electron chi connectivity index (χ3n) is 7.09. The van der Waals surface area contributed by atoms with Gasteiger partial charge in [0.1, 0.15) is 54.6 Å². The van der Waals surface area contributed by atoms with Crippen molar-refractivity contribution in [2.75, 3.05) is 13.2 Å². The van der Waals surface area contributed by atoms with E-state index in [-0.39, 0.29) is 24.2 Å². The first-order valence-corrected chi connectivity index (χ1v) is 13.7. The van der Waals surface area contributed by atoms with E-state index < -0.39 is 80.6 Å². The van der Waals surface area contributed by atoms with Crippen molar-refractivity contribution in [2.24, 2.45) is 0 Å². The van der Waals surface area contributed by atoms with Crippen LogP contribution < -0.4 is 4.74 Å². The zero-order valence-electron chi connectivity index (χ0n) is 24.0. The molecule has 13 heteroatoms. The highest BCUT2D eigenvalue weighted by Gasteiger charge is 2.46. The lowest BCUT2D eigenvalue weighted by molar-refractivity contribution is -0.285. The van der Waals surface area contributed by atoms with E-state index in [4.69, 9.17) is 18.9 Å². The average molecular weight is 599 g/mol. The predicted molar refractivity (Wildman–Crippen MR) is 146 cm³/mol. The van der Waals surface area contributed by atoms with E-state index in [0.29, 0.717) is 11.1 Å². The van der Waals surface area contributed by atoms with Gasteiger partial charge in [0.25, 0.3) is 0 Å². The molecule has 2 heterocycles. The largest absolute Gasteiger partial charge is 0.461 e. The second-order valence-corrected chi connectivity index (χ2v) is 11.0. The Morgan fingerprint density at radius 1 is 0.714 bits per heavy atom. The number of benzene rings is 1. The number of allylic oxidation sites excluding steroid dienone is 4. The van der Waals surface area contributed by atoms with Gasteiger partial charge < -0.3 is 59.8 Å². The van der Waals surface area contributed by atoms with Gasteiger partial charge in [0.2, 0.25) is 12.6 Å². The molecule has 0 radical (unpaired) electrons. The molecule has 42 heavy (non-hydrogen) atoms. The highest BCUT2D eigenvalue weighted by atomic mass is 16.7. The van der Waals surface area contributed by atoms with Crippen molar-refractivity contribution in [2.45, 2.75) is 102 Å². The minimum atomic E-state index is -1.78. The van der Waals surface area contributed by atoms with Crippen LogP contribution in [0.5, 0.6) is 5.75 Å². The van der Waals surface area contributed by atoms with Gasteiger partial charge in [-0.15, -0.1) is 0 Å². The van der Waals surface area contributed by atoms with Crippen LogP contribution >= 0.6 is 0 Å². The Balaban J connectivity index is 2.02. The lowest BCUT2D eigenvalue weighted by atomic mass is 9.97. The van der Waals surface area contributed by atoms with Crippen LogP contribution in [0.4, 0.5) is 0 Å². The highest BCUT2D eigenvalue weighted by molar-refractivity contribution is 5.90. The fraction of sp³-hybridized carbons (Fsp3) is 0.621. The smallest absolute Gasteiger partial charge is 0.340 e. The summed E-state index contributed by atoms with van der Waals surface area (Å²) in [5.74, 6) is -0.700. The molecular weight excluding hydrogens is 556 g/mol. The highest BCUT2D eigenvalue weighted by Crippen LogP contribution is 2.33. The summed E-state index contributed by atoms with van der Waals surface area (Å²) in [5, 5.41) is 80.5. The molecule has 1 aromatic carbocycles. The summed E-state index contributed by atoms with van der Waals surface area (Å²) in [6.45, 7) is 6.17. The molecule has 2 saturated heterocycles.